The first-order valence-corrected chi connectivity index (χ1v) is 12.8. The highest BCUT2D eigenvalue weighted by atomic mass is 16.6. The normalized spacial score (nSPS) is 11.4. The molecule has 0 aliphatic carbocycles. The molecule has 0 spiro atoms. The van der Waals surface area contributed by atoms with Gasteiger partial charge in [-0.05, 0) is 45.2 Å². The molecule has 2 N–H and O–H groups in total. The van der Waals surface area contributed by atoms with Crippen LogP contribution in [0.4, 0.5) is 10.6 Å². The lowest BCUT2D eigenvalue weighted by atomic mass is 10.1. The maximum Gasteiger partial charge on any atom is 0.413 e. The highest BCUT2D eigenvalue weighted by Crippen LogP contribution is 2.32. The number of carbonyl (C=O) groups excluding carboxylic acids is 2. The Kier molecular flexibility index (Phi) is 9.94. The maximum atomic E-state index is 12.8. The minimum atomic E-state index is -0.613. The Morgan fingerprint density at radius 3 is 2.39 bits per heavy atom. The van der Waals surface area contributed by atoms with Gasteiger partial charge in [0.1, 0.15) is 11.4 Å². The number of unbranched alkanes of at least 4 members (excludes halogenated alkanes) is 3. The summed E-state index contributed by atoms with van der Waals surface area (Å²) in [5.41, 5.74) is 4.86. The van der Waals surface area contributed by atoms with Gasteiger partial charge >= 0.3 is 6.09 Å². The molecule has 0 fully saturated rings. The third kappa shape index (κ3) is 8.12. The molecule has 3 aromatic rings. The monoisotopic (exact) mass is 493 g/mol. The van der Waals surface area contributed by atoms with E-state index in [0.29, 0.717) is 18.8 Å². The Labute approximate surface area is 214 Å². The van der Waals surface area contributed by atoms with E-state index in [9.17, 15) is 9.59 Å². The van der Waals surface area contributed by atoms with E-state index in [1.165, 1.54) is 6.42 Å². The molecule has 2 amide bonds. The molecule has 0 atom stereocenters. The van der Waals surface area contributed by atoms with Gasteiger partial charge in [0, 0.05) is 29.4 Å². The van der Waals surface area contributed by atoms with Crippen LogP contribution in [0.2, 0.25) is 0 Å². The largest absolute Gasteiger partial charge is 0.444 e. The molecule has 194 valence electrons. The zero-order valence-electron chi connectivity index (χ0n) is 21.9. The molecule has 7 heteroatoms. The number of para-hydroxylation sites is 1. The zero-order chi connectivity index (χ0) is 26.0. The molecule has 0 bridgehead atoms. The molecule has 0 aliphatic heterocycles. The van der Waals surface area contributed by atoms with Crippen LogP contribution >= 0.6 is 0 Å². The number of rotatable bonds is 12. The Balaban J connectivity index is 1.77. The number of aromatic nitrogens is 1. The summed E-state index contributed by atoms with van der Waals surface area (Å²) in [7, 11) is 0. The molecular formula is C29H39N3O4. The van der Waals surface area contributed by atoms with Gasteiger partial charge < -0.3 is 9.30 Å². The van der Waals surface area contributed by atoms with E-state index in [1.54, 1.807) is 0 Å². The highest BCUT2D eigenvalue weighted by Gasteiger charge is 2.22. The summed E-state index contributed by atoms with van der Waals surface area (Å²) in [5.74, 6) is 0.480. The van der Waals surface area contributed by atoms with E-state index in [2.05, 4.69) is 28.4 Å². The number of amides is 2. The fraction of sp³-hybridized carbons (Fsp3) is 0.448. The minimum absolute atomic E-state index is 0.214. The van der Waals surface area contributed by atoms with Crippen LogP contribution in [0.3, 0.4) is 0 Å². The Hall–Kier alpha value is -3.32. The molecule has 0 saturated heterocycles. The van der Waals surface area contributed by atoms with Crippen LogP contribution in [0.25, 0.3) is 10.9 Å². The molecule has 1 aromatic heterocycles. The fourth-order valence-electron chi connectivity index (χ4n) is 4.16. The van der Waals surface area contributed by atoms with Crippen LogP contribution in [0.15, 0.2) is 54.6 Å². The van der Waals surface area contributed by atoms with Crippen molar-refractivity contribution in [1.29, 1.82) is 0 Å². The number of carbonyl (C=O) groups is 2. The lowest BCUT2D eigenvalue weighted by molar-refractivity contribution is -0.134. The fourth-order valence-corrected chi connectivity index (χ4v) is 4.16. The number of ether oxygens (including phenoxy) is 1. The second-order valence-electron chi connectivity index (χ2n) is 9.98. The van der Waals surface area contributed by atoms with Crippen molar-refractivity contribution in [2.75, 3.05) is 5.32 Å². The lowest BCUT2D eigenvalue weighted by Crippen LogP contribution is -2.28. The van der Waals surface area contributed by atoms with Crippen LogP contribution in [0, 0.1) is 0 Å². The lowest BCUT2D eigenvalue weighted by Gasteiger charge is -2.21. The second kappa shape index (κ2) is 13.1. The van der Waals surface area contributed by atoms with Crippen LogP contribution in [-0.4, -0.2) is 22.2 Å². The molecule has 0 unspecified atom stereocenters. The van der Waals surface area contributed by atoms with E-state index in [4.69, 9.17) is 9.57 Å². The number of hydrogen-bond donors (Lipinski definition) is 2. The summed E-state index contributed by atoms with van der Waals surface area (Å²) in [5, 5.41) is 4.02. The van der Waals surface area contributed by atoms with Gasteiger partial charge in [0.15, 0.2) is 0 Å². The molecule has 0 aliphatic rings. The maximum absolute atomic E-state index is 12.8. The predicted octanol–water partition coefficient (Wildman–Crippen LogP) is 6.75. The van der Waals surface area contributed by atoms with Crippen molar-refractivity contribution in [2.24, 2.45) is 0 Å². The molecule has 7 nitrogen and oxygen atoms in total. The van der Waals surface area contributed by atoms with E-state index in [1.807, 2.05) is 69.3 Å². The number of hydrogen-bond acceptors (Lipinski definition) is 4. The highest BCUT2D eigenvalue weighted by molar-refractivity contribution is 5.95. The van der Waals surface area contributed by atoms with E-state index in [0.717, 1.165) is 47.8 Å². The molecule has 1 heterocycles. The van der Waals surface area contributed by atoms with Crippen molar-refractivity contribution in [1.82, 2.24) is 10.0 Å². The van der Waals surface area contributed by atoms with Gasteiger partial charge in [-0.25, -0.2) is 10.3 Å². The number of aryl methyl sites for hydroxylation is 2. The van der Waals surface area contributed by atoms with Gasteiger partial charge in [-0.3, -0.25) is 14.9 Å². The van der Waals surface area contributed by atoms with Gasteiger partial charge in [-0.1, -0.05) is 74.7 Å². The molecule has 0 saturated carbocycles. The zero-order valence-corrected chi connectivity index (χ0v) is 21.9. The van der Waals surface area contributed by atoms with Crippen molar-refractivity contribution < 1.29 is 19.2 Å². The smallest absolute Gasteiger partial charge is 0.413 e. The summed E-state index contributed by atoms with van der Waals surface area (Å²) in [6.07, 6.45) is 4.62. The van der Waals surface area contributed by atoms with E-state index >= 15 is 0 Å². The molecule has 36 heavy (non-hydrogen) atoms. The topological polar surface area (TPSA) is 81.6 Å². The molecular weight excluding hydrogens is 454 g/mol. The number of anilines is 1. The number of nitrogens with zero attached hydrogens (tertiary/aromatic N) is 1. The standard InChI is InChI=1S/C29H39N3O4/c1-5-6-7-13-20-32-25-17-12-11-16-23(25)24(27(32)30-28(34)36-29(2,3)4)18-19-26(33)31-35-21-22-14-9-8-10-15-22/h8-12,14-17H,5-7,13,18-21H2,1-4H3,(H,30,34)(H,31,33). The molecule has 0 radical (unpaired) electrons. The van der Waals surface area contributed by atoms with Gasteiger partial charge in [-0.2, -0.15) is 0 Å². The van der Waals surface area contributed by atoms with Gasteiger partial charge in [0.2, 0.25) is 5.91 Å². The Morgan fingerprint density at radius 1 is 0.944 bits per heavy atom. The number of hydroxylamine groups is 1. The Bertz CT molecular complexity index is 1130. The van der Waals surface area contributed by atoms with Crippen molar-refractivity contribution in [3.8, 4) is 0 Å². The quantitative estimate of drug-likeness (QED) is 0.216. The van der Waals surface area contributed by atoms with Gasteiger partial charge in [0.25, 0.3) is 0 Å². The third-order valence-electron chi connectivity index (χ3n) is 5.80. The first kappa shape index (κ1) is 27.3. The van der Waals surface area contributed by atoms with E-state index < -0.39 is 11.7 Å². The third-order valence-corrected chi connectivity index (χ3v) is 5.80. The first-order valence-electron chi connectivity index (χ1n) is 12.8. The van der Waals surface area contributed by atoms with E-state index in [-0.39, 0.29) is 12.3 Å². The average molecular weight is 494 g/mol. The number of benzene rings is 2. The van der Waals surface area contributed by atoms with Crippen molar-refractivity contribution in [3.63, 3.8) is 0 Å². The van der Waals surface area contributed by atoms with Gasteiger partial charge in [-0.15, -0.1) is 0 Å². The predicted molar refractivity (Wildman–Crippen MR) is 144 cm³/mol. The van der Waals surface area contributed by atoms with Crippen LogP contribution in [0.5, 0.6) is 0 Å². The Morgan fingerprint density at radius 2 is 1.67 bits per heavy atom. The van der Waals surface area contributed by atoms with Crippen LogP contribution < -0.4 is 10.8 Å². The second-order valence-corrected chi connectivity index (χ2v) is 9.98. The molecule has 3 rings (SSSR count). The minimum Gasteiger partial charge on any atom is -0.444 e. The van der Waals surface area contributed by atoms with Crippen LogP contribution in [-0.2, 0) is 33.9 Å². The number of fused-ring (bicyclic) bond motifs is 1. The molecule has 2 aromatic carbocycles. The number of nitrogens with one attached hydrogen (secondary N) is 2. The summed E-state index contributed by atoms with van der Waals surface area (Å²) in [6, 6.07) is 17.7. The summed E-state index contributed by atoms with van der Waals surface area (Å²) in [6.45, 7) is 8.79. The van der Waals surface area contributed by atoms with Crippen molar-refractivity contribution in [3.05, 3.63) is 65.7 Å². The first-order chi connectivity index (χ1) is 17.3. The van der Waals surface area contributed by atoms with Crippen LogP contribution in [0.1, 0.15) is 70.9 Å². The van der Waals surface area contributed by atoms with Gasteiger partial charge in [0.05, 0.1) is 6.61 Å². The summed E-state index contributed by atoms with van der Waals surface area (Å²) >= 11 is 0. The average Bonchev–Trinajstić information content (AvgIpc) is 3.12. The SMILES string of the molecule is CCCCCCn1c(NC(=O)OC(C)(C)C)c(CCC(=O)NOCc2ccccc2)c2ccccc21. The summed E-state index contributed by atoms with van der Waals surface area (Å²) < 4.78 is 7.70. The summed E-state index contributed by atoms with van der Waals surface area (Å²) in [4.78, 5) is 30.7. The van der Waals surface area contributed by atoms with Crippen molar-refractivity contribution in [2.45, 2.75) is 85.0 Å². The van der Waals surface area contributed by atoms with Crippen molar-refractivity contribution >= 4 is 28.7 Å².